The third kappa shape index (κ3) is 3.59. The van der Waals surface area contributed by atoms with E-state index in [1.54, 1.807) is 7.11 Å². The predicted molar refractivity (Wildman–Crippen MR) is 97.4 cm³/mol. The van der Waals surface area contributed by atoms with Crippen LogP contribution in [0.15, 0.2) is 30.3 Å². The summed E-state index contributed by atoms with van der Waals surface area (Å²) >= 11 is 0. The number of hydrogen-bond acceptors (Lipinski definition) is 4. The van der Waals surface area contributed by atoms with Crippen molar-refractivity contribution in [2.75, 3.05) is 19.1 Å². The summed E-state index contributed by atoms with van der Waals surface area (Å²) in [5.41, 5.74) is 3.75. The van der Waals surface area contributed by atoms with E-state index in [4.69, 9.17) is 9.72 Å². The Labute approximate surface area is 144 Å². The van der Waals surface area contributed by atoms with Crippen LogP contribution in [0.25, 0.3) is 0 Å². The maximum absolute atomic E-state index is 5.20. The number of hydrogen-bond donors (Lipinski definition) is 0. The van der Waals surface area contributed by atoms with E-state index in [-0.39, 0.29) is 0 Å². The Morgan fingerprint density at radius 2 is 1.88 bits per heavy atom. The van der Waals surface area contributed by atoms with Crippen LogP contribution in [0, 0.1) is 13.8 Å². The van der Waals surface area contributed by atoms with Crippen LogP contribution in [0.2, 0.25) is 0 Å². The highest BCUT2D eigenvalue weighted by molar-refractivity contribution is 5.42. The van der Waals surface area contributed by atoms with Crippen molar-refractivity contribution in [2.24, 2.45) is 0 Å². The number of nitrogens with zero attached hydrogens (tertiary/aromatic N) is 3. The van der Waals surface area contributed by atoms with Gasteiger partial charge in [-0.15, -0.1) is 0 Å². The second-order valence-electron chi connectivity index (χ2n) is 6.84. The summed E-state index contributed by atoms with van der Waals surface area (Å²) in [4.78, 5) is 11.5. The molecule has 2 atom stereocenters. The predicted octanol–water partition coefficient (Wildman–Crippen LogP) is 4.01. The van der Waals surface area contributed by atoms with Crippen molar-refractivity contribution in [1.82, 2.24) is 9.97 Å². The van der Waals surface area contributed by atoms with Gasteiger partial charge in [0.2, 0.25) is 0 Å². The van der Waals surface area contributed by atoms with Crippen molar-refractivity contribution in [1.29, 1.82) is 0 Å². The molecule has 1 fully saturated rings. The molecule has 128 valence electrons. The van der Waals surface area contributed by atoms with Gasteiger partial charge in [-0.3, -0.25) is 0 Å². The standard InChI is InChI=1S/C20H27N3O/c1-14-8-10-16(11-9-14)17-6-5-7-18(17)23(3)20-12-15(2)21-19(22-20)13-24-4/h8-12,17-18H,5-7,13H2,1-4H3. The van der Waals surface area contributed by atoms with Gasteiger partial charge in [0.05, 0.1) is 0 Å². The fourth-order valence-corrected chi connectivity index (χ4v) is 3.76. The number of ether oxygens (including phenoxy) is 1. The van der Waals surface area contributed by atoms with Gasteiger partial charge in [0.15, 0.2) is 5.82 Å². The molecule has 0 amide bonds. The summed E-state index contributed by atoms with van der Waals surface area (Å²) in [5, 5.41) is 0. The van der Waals surface area contributed by atoms with Gasteiger partial charge in [0.25, 0.3) is 0 Å². The summed E-state index contributed by atoms with van der Waals surface area (Å²) < 4.78 is 5.20. The zero-order valence-electron chi connectivity index (χ0n) is 15.1. The number of benzene rings is 1. The van der Waals surface area contributed by atoms with Crippen LogP contribution in [0.1, 0.15) is 47.8 Å². The molecule has 0 aliphatic heterocycles. The van der Waals surface area contributed by atoms with Gasteiger partial charge >= 0.3 is 0 Å². The van der Waals surface area contributed by atoms with E-state index >= 15 is 0 Å². The number of rotatable bonds is 5. The molecule has 1 aliphatic carbocycles. The molecule has 2 unspecified atom stereocenters. The molecular weight excluding hydrogens is 298 g/mol. The highest BCUT2D eigenvalue weighted by Crippen LogP contribution is 2.38. The zero-order valence-corrected chi connectivity index (χ0v) is 15.1. The summed E-state index contributed by atoms with van der Waals surface area (Å²) in [6.07, 6.45) is 3.72. The first-order chi connectivity index (χ1) is 11.6. The summed E-state index contributed by atoms with van der Waals surface area (Å²) in [6, 6.07) is 11.6. The van der Waals surface area contributed by atoms with Gasteiger partial charge in [-0.25, -0.2) is 9.97 Å². The molecule has 4 nitrogen and oxygen atoms in total. The van der Waals surface area contributed by atoms with Gasteiger partial charge in [0, 0.05) is 37.9 Å². The van der Waals surface area contributed by atoms with Crippen LogP contribution in [0.3, 0.4) is 0 Å². The maximum Gasteiger partial charge on any atom is 0.156 e. The van der Waals surface area contributed by atoms with Crippen LogP contribution in [-0.4, -0.2) is 30.2 Å². The van der Waals surface area contributed by atoms with Gasteiger partial charge in [-0.05, 0) is 32.3 Å². The Morgan fingerprint density at radius 1 is 1.12 bits per heavy atom. The normalized spacial score (nSPS) is 20.3. The van der Waals surface area contributed by atoms with Gasteiger partial charge in [-0.2, -0.15) is 0 Å². The second kappa shape index (κ2) is 7.31. The molecule has 4 heteroatoms. The molecule has 0 N–H and O–H groups in total. The second-order valence-corrected chi connectivity index (χ2v) is 6.84. The maximum atomic E-state index is 5.20. The monoisotopic (exact) mass is 325 g/mol. The fraction of sp³-hybridized carbons (Fsp3) is 0.500. The molecule has 0 spiro atoms. The molecule has 1 saturated carbocycles. The minimum atomic E-state index is 0.453. The number of anilines is 1. The van der Waals surface area contributed by atoms with E-state index in [9.17, 15) is 0 Å². The van der Waals surface area contributed by atoms with E-state index in [2.05, 4.69) is 54.2 Å². The Kier molecular flexibility index (Phi) is 5.14. The lowest BCUT2D eigenvalue weighted by Gasteiger charge is -2.31. The van der Waals surface area contributed by atoms with E-state index in [1.807, 2.05) is 6.92 Å². The Balaban J connectivity index is 1.85. The highest BCUT2D eigenvalue weighted by atomic mass is 16.5. The van der Waals surface area contributed by atoms with Crippen molar-refractivity contribution >= 4 is 5.82 Å². The first-order valence-electron chi connectivity index (χ1n) is 8.71. The van der Waals surface area contributed by atoms with Crippen LogP contribution >= 0.6 is 0 Å². The first kappa shape index (κ1) is 16.9. The summed E-state index contributed by atoms with van der Waals surface area (Å²) in [7, 11) is 3.84. The molecule has 1 heterocycles. The highest BCUT2D eigenvalue weighted by Gasteiger charge is 2.32. The Hall–Kier alpha value is -1.94. The molecule has 1 aromatic heterocycles. The quantitative estimate of drug-likeness (QED) is 0.832. The minimum Gasteiger partial charge on any atom is -0.377 e. The number of aryl methyl sites for hydroxylation is 2. The fourth-order valence-electron chi connectivity index (χ4n) is 3.76. The average molecular weight is 325 g/mol. The van der Waals surface area contributed by atoms with Gasteiger partial charge in [-0.1, -0.05) is 36.2 Å². The molecule has 2 aromatic rings. The largest absolute Gasteiger partial charge is 0.377 e. The lowest BCUT2D eigenvalue weighted by molar-refractivity contribution is 0.177. The van der Waals surface area contributed by atoms with Crippen molar-refractivity contribution in [3.05, 3.63) is 53.0 Å². The molecule has 1 aromatic carbocycles. The molecule has 24 heavy (non-hydrogen) atoms. The number of likely N-dealkylation sites (N-methyl/N-ethyl adjacent to an activating group) is 1. The summed E-state index contributed by atoms with van der Waals surface area (Å²) in [6.45, 7) is 4.61. The Morgan fingerprint density at radius 3 is 2.58 bits per heavy atom. The van der Waals surface area contributed by atoms with Gasteiger partial charge in [0.1, 0.15) is 12.4 Å². The van der Waals surface area contributed by atoms with Crippen molar-refractivity contribution in [3.8, 4) is 0 Å². The van der Waals surface area contributed by atoms with E-state index in [0.29, 0.717) is 18.6 Å². The molecule has 0 radical (unpaired) electrons. The van der Waals surface area contributed by atoms with Crippen molar-refractivity contribution in [2.45, 2.75) is 51.7 Å². The van der Waals surface area contributed by atoms with Crippen LogP contribution in [-0.2, 0) is 11.3 Å². The molecule has 1 aliphatic rings. The topological polar surface area (TPSA) is 38.2 Å². The van der Waals surface area contributed by atoms with Crippen LogP contribution in [0.5, 0.6) is 0 Å². The number of aromatic nitrogens is 2. The first-order valence-corrected chi connectivity index (χ1v) is 8.71. The third-order valence-corrected chi connectivity index (χ3v) is 5.00. The SMILES string of the molecule is COCc1nc(C)cc(N(C)C2CCCC2c2ccc(C)cc2)n1. The zero-order chi connectivity index (χ0) is 17.1. The van der Waals surface area contributed by atoms with Crippen molar-refractivity contribution < 1.29 is 4.74 Å². The van der Waals surface area contributed by atoms with Crippen LogP contribution < -0.4 is 4.90 Å². The van der Waals surface area contributed by atoms with E-state index in [1.165, 1.54) is 30.4 Å². The van der Waals surface area contributed by atoms with Gasteiger partial charge < -0.3 is 9.64 Å². The van der Waals surface area contributed by atoms with Crippen LogP contribution in [0.4, 0.5) is 5.82 Å². The molecule has 0 saturated heterocycles. The molecular formula is C20H27N3O. The van der Waals surface area contributed by atoms with E-state index < -0.39 is 0 Å². The van der Waals surface area contributed by atoms with Crippen molar-refractivity contribution in [3.63, 3.8) is 0 Å². The lowest BCUT2D eigenvalue weighted by atomic mass is 9.92. The lowest BCUT2D eigenvalue weighted by Crippen LogP contribution is -2.34. The Bertz CT molecular complexity index is 684. The average Bonchev–Trinajstić information content (AvgIpc) is 3.04. The third-order valence-electron chi connectivity index (χ3n) is 5.00. The molecule has 0 bridgehead atoms. The number of methoxy groups -OCH3 is 1. The smallest absolute Gasteiger partial charge is 0.156 e. The summed E-state index contributed by atoms with van der Waals surface area (Å²) in [5.74, 6) is 2.32. The molecule has 3 rings (SSSR count). The minimum absolute atomic E-state index is 0.453. The van der Waals surface area contributed by atoms with E-state index in [0.717, 1.165) is 17.3 Å².